The number of ether oxygens (including phenoxy) is 1. The molecular formula is C11H12FN3O2. The van der Waals surface area contributed by atoms with Crippen LogP contribution in [-0.4, -0.2) is 22.0 Å². The summed E-state index contributed by atoms with van der Waals surface area (Å²) in [6.07, 6.45) is 0. The lowest BCUT2D eigenvalue weighted by atomic mass is 10.1. The van der Waals surface area contributed by atoms with Crippen LogP contribution in [0.5, 0.6) is 11.5 Å². The lowest BCUT2D eigenvalue weighted by Gasteiger charge is -2.06. The zero-order chi connectivity index (χ0) is 12.6. The Bertz CT molecular complexity index is 547. The standard InChI is InChI=1S/C11H12FN3O2/c1-15-10(13)5-8(14-15)6-3-7(12)11(16)9(4-6)17-2/h3-5,16H,13H2,1-2H3. The first kappa shape index (κ1) is 11.3. The maximum absolute atomic E-state index is 13.4. The van der Waals surface area contributed by atoms with Crippen molar-refractivity contribution in [2.45, 2.75) is 0 Å². The van der Waals surface area contributed by atoms with Crippen LogP contribution in [0.3, 0.4) is 0 Å². The molecule has 0 fully saturated rings. The molecule has 1 aromatic carbocycles. The number of nitrogens with two attached hydrogens (primary N) is 1. The number of phenolic OH excluding ortho intramolecular Hbond substituents is 1. The number of anilines is 1. The van der Waals surface area contributed by atoms with Crippen LogP contribution in [0.25, 0.3) is 11.3 Å². The van der Waals surface area contributed by atoms with Crippen molar-refractivity contribution in [3.8, 4) is 22.8 Å². The van der Waals surface area contributed by atoms with Crippen molar-refractivity contribution in [3.05, 3.63) is 24.0 Å². The highest BCUT2D eigenvalue weighted by molar-refractivity contribution is 5.66. The van der Waals surface area contributed by atoms with Gasteiger partial charge in [0.1, 0.15) is 5.82 Å². The number of benzene rings is 1. The first-order valence-electron chi connectivity index (χ1n) is 4.89. The third kappa shape index (κ3) is 1.89. The third-order valence-corrected chi connectivity index (χ3v) is 2.46. The van der Waals surface area contributed by atoms with Gasteiger partial charge in [-0.3, -0.25) is 4.68 Å². The highest BCUT2D eigenvalue weighted by Gasteiger charge is 2.13. The first-order chi connectivity index (χ1) is 8.02. The number of hydrogen-bond acceptors (Lipinski definition) is 4. The average Bonchev–Trinajstić information content (AvgIpc) is 2.63. The molecule has 0 bridgehead atoms. The van der Waals surface area contributed by atoms with Crippen LogP contribution in [0, 0.1) is 5.82 Å². The van der Waals surface area contributed by atoms with E-state index in [9.17, 15) is 9.50 Å². The molecule has 0 saturated heterocycles. The smallest absolute Gasteiger partial charge is 0.194 e. The fraction of sp³-hybridized carbons (Fsp3) is 0.182. The van der Waals surface area contributed by atoms with Crippen LogP contribution in [-0.2, 0) is 7.05 Å². The molecule has 0 amide bonds. The van der Waals surface area contributed by atoms with Gasteiger partial charge in [-0.25, -0.2) is 4.39 Å². The van der Waals surface area contributed by atoms with E-state index in [4.69, 9.17) is 10.5 Å². The molecule has 0 saturated carbocycles. The van der Waals surface area contributed by atoms with Crippen molar-refractivity contribution in [2.24, 2.45) is 7.05 Å². The lowest BCUT2D eigenvalue weighted by Crippen LogP contribution is -1.96. The van der Waals surface area contributed by atoms with Gasteiger partial charge >= 0.3 is 0 Å². The molecule has 5 nitrogen and oxygen atoms in total. The molecule has 0 radical (unpaired) electrons. The lowest BCUT2D eigenvalue weighted by molar-refractivity contribution is 0.357. The molecule has 1 heterocycles. The molecule has 0 aliphatic rings. The van der Waals surface area contributed by atoms with E-state index in [2.05, 4.69) is 5.10 Å². The number of phenols is 1. The van der Waals surface area contributed by atoms with E-state index in [0.29, 0.717) is 17.1 Å². The highest BCUT2D eigenvalue weighted by Crippen LogP contribution is 2.34. The highest BCUT2D eigenvalue weighted by atomic mass is 19.1. The van der Waals surface area contributed by atoms with Crippen LogP contribution in [0.1, 0.15) is 0 Å². The fourth-order valence-corrected chi connectivity index (χ4v) is 1.50. The summed E-state index contributed by atoms with van der Waals surface area (Å²) in [7, 11) is 3.04. The minimum atomic E-state index is -0.761. The van der Waals surface area contributed by atoms with Gasteiger partial charge < -0.3 is 15.6 Å². The number of aromatic nitrogens is 2. The number of hydrogen-bond donors (Lipinski definition) is 2. The second kappa shape index (κ2) is 3.97. The summed E-state index contributed by atoms with van der Waals surface area (Å²) in [5.41, 5.74) is 6.65. The van der Waals surface area contributed by atoms with Crippen LogP contribution < -0.4 is 10.5 Å². The van der Waals surface area contributed by atoms with Gasteiger partial charge in [-0.15, -0.1) is 0 Å². The molecule has 6 heteroatoms. The Morgan fingerprint density at radius 2 is 2.12 bits per heavy atom. The Hall–Kier alpha value is -2.24. The first-order valence-corrected chi connectivity index (χ1v) is 4.89. The van der Waals surface area contributed by atoms with Crippen molar-refractivity contribution >= 4 is 5.82 Å². The Kier molecular flexibility index (Phi) is 2.63. The quantitative estimate of drug-likeness (QED) is 0.830. The van der Waals surface area contributed by atoms with Crippen molar-refractivity contribution in [2.75, 3.05) is 12.8 Å². The van der Waals surface area contributed by atoms with Crippen LogP contribution in [0.15, 0.2) is 18.2 Å². The largest absolute Gasteiger partial charge is 0.502 e. The van der Waals surface area contributed by atoms with Gasteiger partial charge in [-0.05, 0) is 12.1 Å². The minimum absolute atomic E-state index is 0.0595. The third-order valence-electron chi connectivity index (χ3n) is 2.46. The topological polar surface area (TPSA) is 73.3 Å². The van der Waals surface area contributed by atoms with Crippen LogP contribution in [0.4, 0.5) is 10.2 Å². The molecule has 2 rings (SSSR count). The molecule has 2 aromatic rings. The van der Waals surface area contributed by atoms with Gasteiger partial charge in [0.15, 0.2) is 17.3 Å². The van der Waals surface area contributed by atoms with Crippen molar-refractivity contribution in [1.82, 2.24) is 9.78 Å². The second-order valence-corrected chi connectivity index (χ2v) is 3.59. The Balaban J connectivity index is 2.56. The number of nitrogen functional groups attached to an aromatic ring is 1. The predicted octanol–water partition coefficient (Wildman–Crippen LogP) is 1.52. The van der Waals surface area contributed by atoms with Gasteiger partial charge in [0.05, 0.1) is 12.8 Å². The monoisotopic (exact) mass is 237 g/mol. The Morgan fingerprint density at radius 1 is 1.41 bits per heavy atom. The predicted molar refractivity (Wildman–Crippen MR) is 61.2 cm³/mol. The van der Waals surface area contributed by atoms with Crippen molar-refractivity contribution in [3.63, 3.8) is 0 Å². The number of aromatic hydroxyl groups is 1. The van der Waals surface area contributed by atoms with E-state index >= 15 is 0 Å². The van der Waals surface area contributed by atoms with E-state index in [-0.39, 0.29) is 5.75 Å². The van der Waals surface area contributed by atoms with Crippen molar-refractivity contribution < 1.29 is 14.2 Å². The summed E-state index contributed by atoms with van der Waals surface area (Å²) in [6, 6.07) is 4.30. The average molecular weight is 237 g/mol. The molecule has 0 aliphatic carbocycles. The number of rotatable bonds is 2. The van der Waals surface area contributed by atoms with Gasteiger partial charge in [0.25, 0.3) is 0 Å². The fourth-order valence-electron chi connectivity index (χ4n) is 1.50. The van der Waals surface area contributed by atoms with Gasteiger partial charge in [-0.2, -0.15) is 5.10 Å². The molecule has 90 valence electrons. The van der Waals surface area contributed by atoms with Crippen LogP contribution in [0.2, 0.25) is 0 Å². The van der Waals surface area contributed by atoms with Gasteiger partial charge in [0, 0.05) is 18.7 Å². The summed E-state index contributed by atoms with van der Waals surface area (Å²) in [6.45, 7) is 0. The zero-order valence-electron chi connectivity index (χ0n) is 9.44. The molecule has 0 spiro atoms. The maximum atomic E-state index is 13.4. The Morgan fingerprint density at radius 3 is 2.65 bits per heavy atom. The molecule has 0 aliphatic heterocycles. The second-order valence-electron chi connectivity index (χ2n) is 3.59. The number of nitrogens with zero attached hydrogens (tertiary/aromatic N) is 2. The molecule has 0 unspecified atom stereocenters. The van der Waals surface area contributed by atoms with Gasteiger partial charge in [-0.1, -0.05) is 0 Å². The molecule has 3 N–H and O–H groups in total. The summed E-state index contributed by atoms with van der Waals surface area (Å²) >= 11 is 0. The van der Waals surface area contributed by atoms with E-state index in [1.165, 1.54) is 23.9 Å². The zero-order valence-corrected chi connectivity index (χ0v) is 9.44. The summed E-state index contributed by atoms with van der Waals surface area (Å²) in [5, 5.41) is 13.5. The normalized spacial score (nSPS) is 10.5. The summed E-state index contributed by atoms with van der Waals surface area (Å²) in [5.74, 6) is -0.750. The Labute approximate surface area is 97.2 Å². The molecule has 17 heavy (non-hydrogen) atoms. The van der Waals surface area contributed by atoms with Crippen molar-refractivity contribution in [1.29, 1.82) is 0 Å². The minimum Gasteiger partial charge on any atom is -0.502 e. The van der Waals surface area contributed by atoms with E-state index < -0.39 is 11.6 Å². The van der Waals surface area contributed by atoms with E-state index in [1.54, 1.807) is 13.1 Å². The van der Waals surface area contributed by atoms with E-state index in [1.807, 2.05) is 0 Å². The number of halogens is 1. The number of methoxy groups -OCH3 is 1. The maximum Gasteiger partial charge on any atom is 0.194 e. The molecular weight excluding hydrogens is 225 g/mol. The molecule has 1 aromatic heterocycles. The SMILES string of the molecule is COc1cc(-c2cc(N)n(C)n2)cc(F)c1O. The van der Waals surface area contributed by atoms with Crippen LogP contribution >= 0.6 is 0 Å². The molecule has 0 atom stereocenters. The van der Waals surface area contributed by atoms with Gasteiger partial charge in [0.2, 0.25) is 0 Å². The van der Waals surface area contributed by atoms with E-state index in [0.717, 1.165) is 0 Å². The number of aryl methyl sites for hydroxylation is 1. The summed E-state index contributed by atoms with van der Waals surface area (Å²) < 4.78 is 19.8. The summed E-state index contributed by atoms with van der Waals surface area (Å²) in [4.78, 5) is 0.